The predicted molar refractivity (Wildman–Crippen MR) is 97.9 cm³/mol. The Morgan fingerprint density at radius 1 is 1.36 bits per heavy atom. The monoisotopic (exact) mass is 406 g/mol. The molecule has 10 heteroatoms. The number of carbonyl (C=O) groups is 3. The molecule has 1 aliphatic rings. The van der Waals surface area contributed by atoms with Crippen molar-refractivity contribution < 1.29 is 23.9 Å². The van der Waals surface area contributed by atoms with Crippen LogP contribution in [-0.2, 0) is 16.1 Å². The minimum absolute atomic E-state index is 0.0251. The lowest BCUT2D eigenvalue weighted by Crippen LogP contribution is -2.52. The summed E-state index contributed by atoms with van der Waals surface area (Å²) < 4.78 is 13.4. The summed E-state index contributed by atoms with van der Waals surface area (Å²) >= 11 is 5.76. The van der Waals surface area contributed by atoms with E-state index in [9.17, 15) is 23.9 Å². The second kappa shape index (κ2) is 7.53. The number of halogens is 2. The van der Waals surface area contributed by atoms with E-state index in [0.29, 0.717) is 11.3 Å². The Morgan fingerprint density at radius 2 is 2.11 bits per heavy atom. The molecular weight excluding hydrogens is 391 g/mol. The van der Waals surface area contributed by atoms with Crippen molar-refractivity contribution in [3.63, 3.8) is 0 Å². The molecule has 146 valence electrons. The molecule has 1 fully saturated rings. The fourth-order valence-electron chi connectivity index (χ4n) is 2.90. The Hall–Kier alpha value is -3.04. The second-order valence-corrected chi connectivity index (χ2v) is 6.73. The third-order valence-electron chi connectivity index (χ3n) is 4.36. The van der Waals surface area contributed by atoms with Crippen molar-refractivity contribution in [2.75, 3.05) is 11.4 Å². The van der Waals surface area contributed by atoms with E-state index in [2.05, 4.69) is 10.3 Å². The number of anilines is 1. The zero-order valence-electron chi connectivity index (χ0n) is 14.5. The van der Waals surface area contributed by atoms with Crippen LogP contribution in [0.4, 0.5) is 10.1 Å². The number of nitrogens with one attached hydrogen (secondary N) is 1. The third-order valence-corrected chi connectivity index (χ3v) is 4.58. The Morgan fingerprint density at radius 3 is 2.71 bits per heavy atom. The quantitative estimate of drug-likeness (QED) is 0.632. The summed E-state index contributed by atoms with van der Waals surface area (Å²) in [5.41, 5.74) is 3.58. The standard InChI is InChI=1S/C18H16ClFN4O4/c19-11-5-10(6-12(20)7-11)8-23-16(26)18(28)3-4-24(17(18)27)13-1-2-14(15(21)25)22-9-13/h1-2,5-7,9,28H,3-4,8H2,(H2,21,25)(H,23,26). The van der Waals surface area contributed by atoms with Crippen molar-refractivity contribution in [1.29, 1.82) is 0 Å². The molecule has 2 aromatic rings. The second-order valence-electron chi connectivity index (χ2n) is 6.29. The molecular formula is C18H16ClFN4O4. The van der Waals surface area contributed by atoms with E-state index in [1.165, 1.54) is 35.4 Å². The SMILES string of the molecule is NC(=O)c1ccc(N2CCC(O)(C(=O)NCc3cc(F)cc(Cl)c3)C2=O)cn1. The summed E-state index contributed by atoms with van der Waals surface area (Å²) in [6.07, 6.45) is 1.12. The van der Waals surface area contributed by atoms with Gasteiger partial charge in [0.15, 0.2) is 0 Å². The van der Waals surface area contributed by atoms with E-state index < -0.39 is 29.1 Å². The van der Waals surface area contributed by atoms with Gasteiger partial charge in [-0.3, -0.25) is 14.4 Å². The number of benzene rings is 1. The molecule has 0 spiro atoms. The van der Waals surface area contributed by atoms with E-state index in [-0.39, 0.29) is 30.2 Å². The number of aliphatic hydroxyl groups is 1. The van der Waals surface area contributed by atoms with Crippen molar-refractivity contribution in [2.24, 2.45) is 5.73 Å². The molecule has 0 radical (unpaired) electrons. The van der Waals surface area contributed by atoms with Gasteiger partial charge in [-0.15, -0.1) is 0 Å². The highest BCUT2D eigenvalue weighted by molar-refractivity contribution is 6.30. The number of amides is 3. The first-order chi connectivity index (χ1) is 13.2. The van der Waals surface area contributed by atoms with Gasteiger partial charge in [0, 0.05) is 24.5 Å². The highest BCUT2D eigenvalue weighted by Crippen LogP contribution is 2.28. The fraction of sp³-hybridized carbons (Fsp3) is 0.222. The van der Waals surface area contributed by atoms with Crippen LogP contribution >= 0.6 is 11.6 Å². The molecule has 4 N–H and O–H groups in total. The molecule has 8 nitrogen and oxygen atoms in total. The number of aromatic nitrogens is 1. The van der Waals surface area contributed by atoms with Crippen LogP contribution in [0.5, 0.6) is 0 Å². The molecule has 28 heavy (non-hydrogen) atoms. The van der Waals surface area contributed by atoms with Gasteiger partial charge in [0.2, 0.25) is 5.60 Å². The minimum Gasteiger partial charge on any atom is -0.372 e. The maximum absolute atomic E-state index is 13.4. The van der Waals surface area contributed by atoms with Crippen LogP contribution in [0.3, 0.4) is 0 Å². The Labute approximate surface area is 164 Å². The van der Waals surface area contributed by atoms with Crippen LogP contribution in [0.15, 0.2) is 36.5 Å². The van der Waals surface area contributed by atoms with Crippen LogP contribution in [0.25, 0.3) is 0 Å². The summed E-state index contributed by atoms with van der Waals surface area (Å²) in [6.45, 7) is -0.0348. The van der Waals surface area contributed by atoms with Crippen molar-refractivity contribution in [3.8, 4) is 0 Å². The number of pyridine rings is 1. The molecule has 1 unspecified atom stereocenters. The van der Waals surface area contributed by atoms with E-state index >= 15 is 0 Å². The molecule has 1 aliphatic heterocycles. The topological polar surface area (TPSA) is 126 Å². The Kier molecular flexibility index (Phi) is 5.30. The number of nitrogens with two attached hydrogens (primary N) is 1. The van der Waals surface area contributed by atoms with Crippen LogP contribution in [-0.4, -0.2) is 40.0 Å². The molecule has 1 saturated heterocycles. The predicted octanol–water partition coefficient (Wildman–Crippen LogP) is 0.757. The first-order valence-corrected chi connectivity index (χ1v) is 8.62. The zero-order valence-corrected chi connectivity index (χ0v) is 15.2. The molecule has 3 rings (SSSR count). The van der Waals surface area contributed by atoms with Crippen molar-refractivity contribution in [3.05, 3.63) is 58.6 Å². The van der Waals surface area contributed by atoms with Crippen molar-refractivity contribution in [1.82, 2.24) is 10.3 Å². The Balaban J connectivity index is 1.70. The van der Waals surface area contributed by atoms with Crippen LogP contribution in [0, 0.1) is 5.82 Å². The van der Waals surface area contributed by atoms with Gasteiger partial charge in [0.1, 0.15) is 11.5 Å². The fourth-order valence-corrected chi connectivity index (χ4v) is 3.14. The molecule has 1 aromatic carbocycles. The van der Waals surface area contributed by atoms with E-state index in [0.717, 1.165) is 6.07 Å². The number of rotatable bonds is 5. The zero-order chi connectivity index (χ0) is 20.5. The largest absolute Gasteiger partial charge is 0.372 e. The van der Waals surface area contributed by atoms with Gasteiger partial charge in [-0.1, -0.05) is 11.6 Å². The molecule has 0 bridgehead atoms. The van der Waals surface area contributed by atoms with Gasteiger partial charge >= 0.3 is 0 Å². The van der Waals surface area contributed by atoms with Crippen molar-refractivity contribution >= 4 is 35.0 Å². The lowest BCUT2D eigenvalue weighted by Gasteiger charge is -2.21. The maximum atomic E-state index is 13.4. The average molecular weight is 407 g/mol. The summed E-state index contributed by atoms with van der Waals surface area (Å²) in [6, 6.07) is 6.56. The van der Waals surface area contributed by atoms with Gasteiger partial charge in [-0.25, -0.2) is 9.37 Å². The number of carbonyl (C=O) groups excluding carboxylic acids is 3. The summed E-state index contributed by atoms with van der Waals surface area (Å²) in [5.74, 6) is -3.00. The summed E-state index contributed by atoms with van der Waals surface area (Å²) in [7, 11) is 0. The highest BCUT2D eigenvalue weighted by Gasteiger charge is 2.51. The van der Waals surface area contributed by atoms with E-state index in [4.69, 9.17) is 17.3 Å². The number of hydrogen-bond acceptors (Lipinski definition) is 5. The van der Waals surface area contributed by atoms with Crippen LogP contribution < -0.4 is 16.0 Å². The van der Waals surface area contributed by atoms with Gasteiger partial charge in [-0.2, -0.15) is 0 Å². The number of primary amides is 1. The average Bonchev–Trinajstić information content (AvgIpc) is 2.95. The van der Waals surface area contributed by atoms with Gasteiger partial charge < -0.3 is 21.1 Å². The minimum atomic E-state index is -2.26. The number of hydrogen-bond donors (Lipinski definition) is 3. The molecule has 0 saturated carbocycles. The van der Waals surface area contributed by atoms with Gasteiger partial charge in [0.25, 0.3) is 17.7 Å². The molecule has 3 amide bonds. The van der Waals surface area contributed by atoms with Gasteiger partial charge in [0.05, 0.1) is 11.9 Å². The molecule has 1 aromatic heterocycles. The molecule has 2 heterocycles. The summed E-state index contributed by atoms with van der Waals surface area (Å²) in [5, 5.41) is 13.2. The maximum Gasteiger partial charge on any atom is 0.268 e. The van der Waals surface area contributed by atoms with Crippen LogP contribution in [0.1, 0.15) is 22.5 Å². The first kappa shape index (κ1) is 19.7. The lowest BCUT2D eigenvalue weighted by atomic mass is 10.0. The lowest BCUT2D eigenvalue weighted by molar-refractivity contribution is -0.149. The molecule has 0 aliphatic carbocycles. The third kappa shape index (κ3) is 3.80. The number of nitrogens with zero attached hydrogens (tertiary/aromatic N) is 2. The van der Waals surface area contributed by atoms with Crippen LogP contribution in [0.2, 0.25) is 5.02 Å². The first-order valence-electron chi connectivity index (χ1n) is 8.24. The van der Waals surface area contributed by atoms with E-state index in [1.807, 2.05) is 0 Å². The molecule has 1 atom stereocenters. The van der Waals surface area contributed by atoms with E-state index in [1.54, 1.807) is 0 Å². The summed E-state index contributed by atoms with van der Waals surface area (Å²) in [4.78, 5) is 41.2. The smallest absolute Gasteiger partial charge is 0.268 e. The normalized spacial score (nSPS) is 19.0. The van der Waals surface area contributed by atoms with Gasteiger partial charge in [-0.05, 0) is 35.9 Å². The highest BCUT2D eigenvalue weighted by atomic mass is 35.5. The van der Waals surface area contributed by atoms with Crippen molar-refractivity contribution in [2.45, 2.75) is 18.6 Å². The Bertz CT molecular complexity index is 933.